The first-order valence-corrected chi connectivity index (χ1v) is 16.9. The second kappa shape index (κ2) is 17.9. The zero-order valence-electron chi connectivity index (χ0n) is 29.2. The van der Waals surface area contributed by atoms with Gasteiger partial charge in [0.1, 0.15) is 5.75 Å². The highest BCUT2D eigenvalue weighted by molar-refractivity contribution is 6.02. The average molecular weight is 714 g/mol. The first-order valence-electron chi connectivity index (χ1n) is 16.9. The topological polar surface area (TPSA) is 132 Å². The fourth-order valence-corrected chi connectivity index (χ4v) is 5.59. The van der Waals surface area contributed by atoms with Gasteiger partial charge in [-0.25, -0.2) is 9.59 Å². The molecule has 11 nitrogen and oxygen atoms in total. The standard InChI is InChI=1S/C37H46F3N5O6/c1-24-21-45(25(2)23-46)34(47)31-20-30(42-35(48)41-29-15-13-27(14-16-29)37(38,39)40)17-18-32(31)51-26(3)10-8-9-19-50-33(24)22-44(4)36(49)43-28-11-6-5-7-12-28/h5-7,11-18,20,24-26,33,46H,8-10,19,21-23H2,1-4H3,(H,43,49)(H2,41,42,48)/t24-,25+,26+,33-/m0/s1. The minimum atomic E-state index is -4.51. The van der Waals surface area contributed by atoms with E-state index in [1.807, 2.05) is 32.0 Å². The molecule has 4 N–H and O–H groups in total. The van der Waals surface area contributed by atoms with Crippen molar-refractivity contribution in [3.8, 4) is 5.75 Å². The molecule has 3 aromatic carbocycles. The van der Waals surface area contributed by atoms with Gasteiger partial charge < -0.3 is 40.3 Å². The number of alkyl halides is 3. The summed E-state index contributed by atoms with van der Waals surface area (Å²) >= 11 is 0. The molecule has 0 radical (unpaired) electrons. The smallest absolute Gasteiger partial charge is 0.416 e. The summed E-state index contributed by atoms with van der Waals surface area (Å²) in [5.41, 5.74) is 0.339. The minimum Gasteiger partial charge on any atom is -0.490 e. The molecule has 1 aliphatic rings. The fourth-order valence-electron chi connectivity index (χ4n) is 5.59. The van der Waals surface area contributed by atoms with Crippen LogP contribution in [0.1, 0.15) is 56.0 Å². The predicted octanol–water partition coefficient (Wildman–Crippen LogP) is 7.31. The quantitative estimate of drug-likeness (QED) is 0.203. The molecule has 0 spiro atoms. The molecule has 0 bridgehead atoms. The Morgan fingerprint density at radius 2 is 1.61 bits per heavy atom. The molecule has 14 heteroatoms. The molecule has 1 aliphatic heterocycles. The molecule has 0 aliphatic carbocycles. The van der Waals surface area contributed by atoms with Gasteiger partial charge in [-0.1, -0.05) is 25.1 Å². The Labute approximate surface area is 296 Å². The highest BCUT2D eigenvalue weighted by Crippen LogP contribution is 2.31. The van der Waals surface area contributed by atoms with Gasteiger partial charge in [-0.3, -0.25) is 4.79 Å². The second-order valence-corrected chi connectivity index (χ2v) is 12.8. The lowest BCUT2D eigenvalue weighted by Crippen LogP contribution is -2.48. The number of anilines is 3. The van der Waals surface area contributed by atoms with Gasteiger partial charge in [-0.05, 0) is 87.7 Å². The average Bonchev–Trinajstić information content (AvgIpc) is 3.09. The molecule has 4 atom stereocenters. The number of carbonyl (C=O) groups is 3. The van der Waals surface area contributed by atoms with E-state index in [-0.39, 0.29) is 54.7 Å². The molecule has 3 aromatic rings. The van der Waals surface area contributed by atoms with E-state index < -0.39 is 35.8 Å². The number of nitrogens with one attached hydrogen (secondary N) is 3. The van der Waals surface area contributed by atoms with E-state index >= 15 is 0 Å². The lowest BCUT2D eigenvalue weighted by Gasteiger charge is -2.35. The van der Waals surface area contributed by atoms with Crippen molar-refractivity contribution in [3.63, 3.8) is 0 Å². The van der Waals surface area contributed by atoms with E-state index in [9.17, 15) is 32.7 Å². The summed E-state index contributed by atoms with van der Waals surface area (Å²) in [6, 6.07) is 16.1. The number of likely N-dealkylation sites (N-methyl/N-ethyl adjacent to an activating group) is 1. The van der Waals surface area contributed by atoms with E-state index in [1.54, 1.807) is 38.2 Å². The number of nitrogens with zero attached hydrogens (tertiary/aromatic N) is 2. The third-order valence-corrected chi connectivity index (χ3v) is 8.61. The van der Waals surface area contributed by atoms with Crippen LogP contribution in [0, 0.1) is 5.92 Å². The molecular weight excluding hydrogens is 667 g/mol. The molecule has 5 amide bonds. The molecule has 1 heterocycles. The molecular formula is C37H46F3N5O6. The Hall–Kier alpha value is -4.82. The van der Waals surface area contributed by atoms with Gasteiger partial charge in [-0.2, -0.15) is 13.2 Å². The van der Waals surface area contributed by atoms with Crippen LogP contribution < -0.4 is 20.7 Å². The summed E-state index contributed by atoms with van der Waals surface area (Å²) in [4.78, 5) is 43.3. The number of rotatable bonds is 7. The molecule has 0 aromatic heterocycles. The van der Waals surface area contributed by atoms with Crippen molar-refractivity contribution in [1.82, 2.24) is 9.80 Å². The monoisotopic (exact) mass is 713 g/mol. The third kappa shape index (κ3) is 11.3. The van der Waals surface area contributed by atoms with Gasteiger partial charge in [-0.15, -0.1) is 0 Å². The number of benzene rings is 3. The maximum absolute atomic E-state index is 14.3. The van der Waals surface area contributed by atoms with Crippen LogP contribution in [0.4, 0.5) is 39.8 Å². The molecule has 0 unspecified atom stereocenters. The Bertz CT molecular complexity index is 1610. The number of ether oxygens (including phenoxy) is 2. The Morgan fingerprint density at radius 3 is 2.27 bits per heavy atom. The summed E-state index contributed by atoms with van der Waals surface area (Å²) in [5.74, 6) is -0.438. The first-order chi connectivity index (χ1) is 24.2. The minimum absolute atomic E-state index is 0.143. The van der Waals surface area contributed by atoms with Gasteiger partial charge in [0.25, 0.3) is 5.91 Å². The molecule has 51 heavy (non-hydrogen) atoms. The van der Waals surface area contributed by atoms with Crippen LogP contribution in [-0.4, -0.2) is 84.5 Å². The Kier molecular flexibility index (Phi) is 13.7. The second-order valence-electron chi connectivity index (χ2n) is 12.8. The van der Waals surface area contributed by atoms with Gasteiger partial charge in [0.05, 0.1) is 36.0 Å². The normalized spacial score (nSPS) is 19.5. The Balaban J connectivity index is 1.56. The van der Waals surface area contributed by atoms with Crippen molar-refractivity contribution in [3.05, 3.63) is 83.9 Å². The summed E-state index contributed by atoms with van der Waals surface area (Å²) < 4.78 is 51.4. The Morgan fingerprint density at radius 1 is 0.961 bits per heavy atom. The largest absolute Gasteiger partial charge is 0.490 e. The van der Waals surface area contributed by atoms with E-state index in [2.05, 4.69) is 16.0 Å². The van der Waals surface area contributed by atoms with Crippen LogP contribution >= 0.6 is 0 Å². The number of hydrogen-bond acceptors (Lipinski definition) is 6. The van der Waals surface area contributed by atoms with E-state index in [0.717, 1.165) is 37.1 Å². The summed E-state index contributed by atoms with van der Waals surface area (Å²) in [5, 5.41) is 18.2. The number of fused-ring (bicyclic) bond motifs is 1. The van der Waals surface area contributed by atoms with Gasteiger partial charge >= 0.3 is 18.2 Å². The summed E-state index contributed by atoms with van der Waals surface area (Å²) in [6.07, 6.45) is -3.03. The van der Waals surface area contributed by atoms with E-state index in [4.69, 9.17) is 9.47 Å². The van der Waals surface area contributed by atoms with Crippen LogP contribution in [0.5, 0.6) is 5.75 Å². The molecule has 0 fully saturated rings. The number of carbonyl (C=O) groups excluding carboxylic acids is 3. The first kappa shape index (κ1) is 39.0. The highest BCUT2D eigenvalue weighted by Gasteiger charge is 2.32. The summed E-state index contributed by atoms with van der Waals surface area (Å²) in [6.45, 7) is 6.06. The van der Waals surface area contributed by atoms with Gasteiger partial charge in [0, 0.05) is 49.7 Å². The number of amides is 5. The van der Waals surface area contributed by atoms with E-state index in [0.29, 0.717) is 24.5 Å². The SMILES string of the molecule is C[C@@H]1CCCCO[C@@H](CN(C)C(=O)Nc2ccccc2)[C@@H](C)CN([C@H](C)CO)C(=O)c2cc(NC(=O)Nc3ccc(C(F)(F)F)cc3)ccc2O1. The van der Waals surface area contributed by atoms with Crippen molar-refractivity contribution < 1.29 is 42.1 Å². The number of hydrogen-bond donors (Lipinski definition) is 4. The van der Waals surface area contributed by atoms with Crippen LogP contribution in [0.15, 0.2) is 72.8 Å². The zero-order valence-corrected chi connectivity index (χ0v) is 29.2. The van der Waals surface area contributed by atoms with E-state index in [1.165, 1.54) is 15.9 Å². The predicted molar refractivity (Wildman–Crippen MR) is 189 cm³/mol. The number of aliphatic hydroxyl groups is 1. The molecule has 0 saturated carbocycles. The fraction of sp³-hybridized carbons (Fsp3) is 0.432. The maximum atomic E-state index is 14.3. The lowest BCUT2D eigenvalue weighted by atomic mass is 10.0. The van der Waals surface area contributed by atoms with Crippen LogP contribution in [-0.2, 0) is 10.9 Å². The van der Waals surface area contributed by atoms with Crippen LogP contribution in [0.3, 0.4) is 0 Å². The number of urea groups is 2. The van der Waals surface area contributed by atoms with Gasteiger partial charge in [0.2, 0.25) is 0 Å². The van der Waals surface area contributed by atoms with Gasteiger partial charge in [0.15, 0.2) is 0 Å². The maximum Gasteiger partial charge on any atom is 0.416 e. The number of halogens is 3. The summed E-state index contributed by atoms with van der Waals surface area (Å²) in [7, 11) is 1.68. The highest BCUT2D eigenvalue weighted by atomic mass is 19.4. The van der Waals surface area contributed by atoms with Crippen molar-refractivity contribution in [1.29, 1.82) is 0 Å². The third-order valence-electron chi connectivity index (χ3n) is 8.61. The van der Waals surface area contributed by atoms with Crippen molar-refractivity contribution in [2.24, 2.45) is 5.92 Å². The number of aliphatic hydroxyl groups excluding tert-OH is 1. The number of para-hydroxylation sites is 1. The van der Waals surface area contributed by atoms with Crippen molar-refractivity contribution >= 4 is 35.0 Å². The molecule has 276 valence electrons. The lowest BCUT2D eigenvalue weighted by molar-refractivity contribution is -0.137. The van der Waals surface area contributed by atoms with Crippen molar-refractivity contribution in [2.75, 3.05) is 49.3 Å². The molecule has 4 rings (SSSR count). The van der Waals surface area contributed by atoms with Crippen molar-refractivity contribution in [2.45, 2.75) is 64.5 Å². The molecule has 0 saturated heterocycles. The zero-order chi connectivity index (χ0) is 37.1. The van der Waals surface area contributed by atoms with Crippen LogP contribution in [0.2, 0.25) is 0 Å². The van der Waals surface area contributed by atoms with Crippen LogP contribution in [0.25, 0.3) is 0 Å².